The van der Waals surface area contributed by atoms with Crippen LogP contribution in [0.2, 0.25) is 0 Å². The van der Waals surface area contributed by atoms with Gasteiger partial charge < -0.3 is 9.80 Å². The number of sulfonamides is 1. The van der Waals surface area contributed by atoms with E-state index in [0.717, 1.165) is 6.42 Å². The van der Waals surface area contributed by atoms with Crippen LogP contribution in [0.3, 0.4) is 0 Å². The molecule has 3 aliphatic rings. The third-order valence-electron chi connectivity index (χ3n) is 6.34. The number of aromatic nitrogens is 1. The van der Waals surface area contributed by atoms with Crippen LogP contribution < -0.4 is 4.72 Å². The van der Waals surface area contributed by atoms with E-state index < -0.39 is 10.0 Å². The number of nitrogens with zero attached hydrogens (tertiary/aromatic N) is 4. The van der Waals surface area contributed by atoms with Gasteiger partial charge in [-0.1, -0.05) is 18.2 Å². The van der Waals surface area contributed by atoms with Gasteiger partial charge in [-0.15, -0.1) is 0 Å². The Morgan fingerprint density at radius 2 is 1.67 bits per heavy atom. The van der Waals surface area contributed by atoms with Gasteiger partial charge in [0, 0.05) is 50.1 Å². The van der Waals surface area contributed by atoms with Crippen LogP contribution in [0, 0.1) is 5.92 Å². The van der Waals surface area contributed by atoms with Crippen LogP contribution >= 0.6 is 0 Å². The molecule has 1 N–H and O–H groups in total. The molecule has 0 radical (unpaired) electrons. The van der Waals surface area contributed by atoms with Crippen LogP contribution in [0.25, 0.3) is 0 Å². The molecule has 10 heteroatoms. The number of nitrogens with one attached hydrogen (secondary N) is 1. The van der Waals surface area contributed by atoms with Crippen molar-refractivity contribution in [1.29, 1.82) is 0 Å². The average molecular weight is 504 g/mol. The number of allylic oxidation sites excluding steroid dienone is 4. The Hall–Kier alpha value is -4.05. The number of pyridine rings is 1. The van der Waals surface area contributed by atoms with E-state index in [1.54, 1.807) is 46.5 Å². The predicted molar refractivity (Wildman–Crippen MR) is 135 cm³/mol. The van der Waals surface area contributed by atoms with Gasteiger partial charge in [-0.05, 0) is 55.0 Å². The summed E-state index contributed by atoms with van der Waals surface area (Å²) >= 11 is 0. The highest BCUT2D eigenvalue weighted by Gasteiger charge is 2.27. The van der Waals surface area contributed by atoms with Gasteiger partial charge in [0.25, 0.3) is 21.8 Å². The SMILES string of the molecule is O=C(c1ccc(S(=O)(=O)NC2=C3N=CC=CC3CC=C2)cc1)N1CCN(C(=O)c2ccccn2)CC1. The lowest BCUT2D eigenvalue weighted by atomic mass is 9.94. The van der Waals surface area contributed by atoms with E-state index in [-0.39, 0.29) is 22.6 Å². The van der Waals surface area contributed by atoms with Crippen molar-refractivity contribution in [3.63, 3.8) is 0 Å². The predicted octanol–water partition coefficient (Wildman–Crippen LogP) is 2.39. The molecule has 0 saturated carbocycles. The number of carbonyl (C=O) groups excluding carboxylic acids is 2. The van der Waals surface area contributed by atoms with E-state index in [9.17, 15) is 18.0 Å². The largest absolute Gasteiger partial charge is 0.335 e. The quantitative estimate of drug-likeness (QED) is 0.673. The molecule has 2 aliphatic heterocycles. The monoisotopic (exact) mass is 503 g/mol. The van der Waals surface area contributed by atoms with E-state index in [4.69, 9.17) is 0 Å². The zero-order valence-electron chi connectivity index (χ0n) is 19.4. The van der Waals surface area contributed by atoms with Crippen molar-refractivity contribution in [3.05, 3.63) is 95.6 Å². The first kappa shape index (κ1) is 23.7. The highest BCUT2D eigenvalue weighted by Crippen LogP contribution is 2.29. The summed E-state index contributed by atoms with van der Waals surface area (Å²) in [5.74, 6) is -0.310. The van der Waals surface area contributed by atoms with Crippen molar-refractivity contribution in [1.82, 2.24) is 19.5 Å². The number of amides is 2. The molecule has 1 saturated heterocycles. The molecular formula is C26H25N5O4S. The molecule has 1 atom stereocenters. The molecule has 9 nitrogen and oxygen atoms in total. The smallest absolute Gasteiger partial charge is 0.272 e. The maximum atomic E-state index is 13.0. The lowest BCUT2D eigenvalue weighted by Crippen LogP contribution is -2.50. The van der Waals surface area contributed by atoms with Crippen LogP contribution in [-0.4, -0.2) is 67.4 Å². The Kier molecular flexibility index (Phi) is 6.51. The molecule has 1 unspecified atom stereocenters. The number of hydrogen-bond donors (Lipinski definition) is 1. The Bertz CT molecular complexity index is 1390. The molecule has 5 rings (SSSR count). The maximum absolute atomic E-state index is 13.0. The lowest BCUT2D eigenvalue weighted by molar-refractivity contribution is 0.0532. The number of aliphatic imine (C=N–C) groups is 1. The Labute approximate surface area is 209 Å². The van der Waals surface area contributed by atoms with Crippen molar-refractivity contribution in [2.75, 3.05) is 26.2 Å². The molecule has 2 amide bonds. The minimum absolute atomic E-state index is 0.0532. The zero-order valence-corrected chi connectivity index (χ0v) is 20.3. The van der Waals surface area contributed by atoms with Crippen LogP contribution in [0.1, 0.15) is 27.3 Å². The van der Waals surface area contributed by atoms with Crippen LogP contribution in [0.15, 0.2) is 94.2 Å². The standard InChI is InChI=1S/C26H25N5O4S/c32-25(30-15-17-31(18-16-30)26(33)23-7-1-2-13-27-23)20-9-11-21(12-10-20)36(34,35)29-22-8-3-5-19-6-4-14-28-24(19)22/h1-4,6-14,19,29H,5,15-18H2. The Morgan fingerprint density at radius 1 is 0.944 bits per heavy atom. The van der Waals surface area contributed by atoms with Crippen molar-refractivity contribution >= 4 is 28.1 Å². The number of dihydropyridines is 1. The fourth-order valence-corrected chi connectivity index (χ4v) is 5.46. The van der Waals surface area contributed by atoms with Gasteiger partial charge in [0.15, 0.2) is 0 Å². The molecule has 0 bridgehead atoms. The zero-order chi connectivity index (χ0) is 25.1. The normalized spacial score (nSPS) is 19.3. The number of rotatable bonds is 5. The first-order valence-corrected chi connectivity index (χ1v) is 13.1. The molecule has 1 aliphatic carbocycles. The third-order valence-corrected chi connectivity index (χ3v) is 7.72. The number of fused-ring (bicyclic) bond motifs is 1. The van der Waals surface area contributed by atoms with Crippen molar-refractivity contribution in [2.24, 2.45) is 10.9 Å². The number of hydrogen-bond acceptors (Lipinski definition) is 6. The van der Waals surface area contributed by atoms with E-state index in [2.05, 4.69) is 14.7 Å². The summed E-state index contributed by atoms with van der Waals surface area (Å²) in [5, 5.41) is 0. The first-order valence-electron chi connectivity index (χ1n) is 11.7. The fourth-order valence-electron chi connectivity index (χ4n) is 4.38. The van der Waals surface area contributed by atoms with E-state index in [0.29, 0.717) is 48.8 Å². The van der Waals surface area contributed by atoms with Crippen LogP contribution in [0.5, 0.6) is 0 Å². The third kappa shape index (κ3) is 4.85. The number of piperazine rings is 1. The van der Waals surface area contributed by atoms with E-state index >= 15 is 0 Å². The maximum Gasteiger partial charge on any atom is 0.272 e. The number of carbonyl (C=O) groups is 2. The topological polar surface area (TPSA) is 112 Å². The summed E-state index contributed by atoms with van der Waals surface area (Å²) in [7, 11) is -3.85. The molecule has 3 heterocycles. The molecule has 0 spiro atoms. The van der Waals surface area contributed by atoms with E-state index in [1.165, 1.54) is 24.3 Å². The highest BCUT2D eigenvalue weighted by atomic mass is 32.2. The second-order valence-electron chi connectivity index (χ2n) is 8.64. The van der Waals surface area contributed by atoms with Gasteiger partial charge in [0.2, 0.25) is 0 Å². The summed E-state index contributed by atoms with van der Waals surface area (Å²) in [5.41, 5.74) is 1.91. The minimum atomic E-state index is -3.85. The summed E-state index contributed by atoms with van der Waals surface area (Å²) in [6, 6.07) is 11.1. The van der Waals surface area contributed by atoms with Gasteiger partial charge in [-0.25, -0.2) is 8.42 Å². The summed E-state index contributed by atoms with van der Waals surface area (Å²) in [6.07, 6.45) is 11.5. The molecule has 2 aromatic rings. The molecule has 184 valence electrons. The Morgan fingerprint density at radius 3 is 2.36 bits per heavy atom. The van der Waals surface area contributed by atoms with Crippen molar-refractivity contribution in [2.45, 2.75) is 11.3 Å². The molecule has 1 aromatic heterocycles. The fraction of sp³-hybridized carbons (Fsp3) is 0.231. The van der Waals surface area contributed by atoms with Gasteiger partial charge >= 0.3 is 0 Å². The van der Waals surface area contributed by atoms with Gasteiger partial charge in [-0.3, -0.25) is 24.3 Å². The molecule has 1 aromatic carbocycles. The number of benzene rings is 1. The summed E-state index contributed by atoms with van der Waals surface area (Å²) in [6.45, 7) is 1.58. The first-order chi connectivity index (χ1) is 17.4. The molecule has 36 heavy (non-hydrogen) atoms. The van der Waals surface area contributed by atoms with E-state index in [1.807, 2.05) is 18.2 Å². The van der Waals surface area contributed by atoms with Crippen molar-refractivity contribution in [3.8, 4) is 0 Å². The van der Waals surface area contributed by atoms with Crippen LogP contribution in [-0.2, 0) is 10.0 Å². The second kappa shape index (κ2) is 9.90. The summed E-state index contributed by atoms with van der Waals surface area (Å²) in [4.78, 5) is 37.4. The average Bonchev–Trinajstić information content (AvgIpc) is 2.93. The Balaban J connectivity index is 1.23. The highest BCUT2D eigenvalue weighted by molar-refractivity contribution is 7.89. The minimum Gasteiger partial charge on any atom is -0.335 e. The van der Waals surface area contributed by atoms with Gasteiger partial charge in [0.05, 0.1) is 16.3 Å². The van der Waals surface area contributed by atoms with Crippen LogP contribution in [0.4, 0.5) is 0 Å². The summed E-state index contributed by atoms with van der Waals surface area (Å²) < 4.78 is 28.6. The van der Waals surface area contributed by atoms with Crippen molar-refractivity contribution < 1.29 is 18.0 Å². The molecule has 1 fully saturated rings. The van der Waals surface area contributed by atoms with Gasteiger partial charge in [0.1, 0.15) is 5.69 Å². The second-order valence-corrected chi connectivity index (χ2v) is 10.3. The lowest BCUT2D eigenvalue weighted by Gasteiger charge is -2.34. The van der Waals surface area contributed by atoms with Gasteiger partial charge in [-0.2, -0.15) is 0 Å². The molecular weight excluding hydrogens is 478 g/mol.